The number of carbonyl (C=O) groups is 1. The molecule has 0 amide bonds. The lowest BCUT2D eigenvalue weighted by molar-refractivity contribution is -0.152. The zero-order chi connectivity index (χ0) is 15.8. The molecule has 0 aliphatic heterocycles. The number of aliphatic hydroxyl groups is 1. The fourth-order valence-corrected chi connectivity index (χ4v) is 2.25. The fraction of sp³-hybridized carbons (Fsp3) is 0.562. The number of ether oxygens (including phenoxy) is 3. The molecule has 0 spiro atoms. The maximum absolute atomic E-state index is 12.0. The minimum absolute atomic E-state index is 0.293. The van der Waals surface area contributed by atoms with Gasteiger partial charge in [-0.3, -0.25) is 4.79 Å². The second-order valence-corrected chi connectivity index (χ2v) is 4.70. The first-order valence-electron chi connectivity index (χ1n) is 7.15. The summed E-state index contributed by atoms with van der Waals surface area (Å²) < 4.78 is 15.5. The Hall–Kier alpha value is -1.75. The Morgan fingerprint density at radius 3 is 2.48 bits per heavy atom. The largest absolute Gasteiger partial charge is 0.497 e. The molecule has 0 saturated carbocycles. The molecular formula is C16H24O5. The number of esters is 1. The summed E-state index contributed by atoms with van der Waals surface area (Å²) in [6.07, 6.45) is 0.321. The number of hydrogen-bond acceptors (Lipinski definition) is 5. The van der Waals surface area contributed by atoms with E-state index in [1.807, 2.05) is 6.92 Å². The Balaban J connectivity index is 3.12. The number of rotatable bonds is 8. The van der Waals surface area contributed by atoms with Crippen LogP contribution in [-0.2, 0) is 9.53 Å². The van der Waals surface area contributed by atoms with Crippen molar-refractivity contribution in [2.24, 2.45) is 5.92 Å². The monoisotopic (exact) mass is 296 g/mol. The average molecular weight is 296 g/mol. The van der Waals surface area contributed by atoms with Crippen molar-refractivity contribution in [1.29, 1.82) is 0 Å². The Labute approximate surface area is 125 Å². The Morgan fingerprint density at radius 2 is 1.95 bits per heavy atom. The molecule has 21 heavy (non-hydrogen) atoms. The van der Waals surface area contributed by atoms with Crippen LogP contribution < -0.4 is 9.47 Å². The molecule has 5 nitrogen and oxygen atoms in total. The first kappa shape index (κ1) is 17.3. The first-order valence-corrected chi connectivity index (χ1v) is 7.15. The summed E-state index contributed by atoms with van der Waals surface area (Å²) in [4.78, 5) is 12.0. The van der Waals surface area contributed by atoms with Gasteiger partial charge in [-0.05, 0) is 31.5 Å². The van der Waals surface area contributed by atoms with Crippen LogP contribution in [0.5, 0.6) is 11.5 Å². The molecule has 1 N–H and O–H groups in total. The molecule has 2 atom stereocenters. The minimum atomic E-state index is -0.992. The van der Waals surface area contributed by atoms with Crippen molar-refractivity contribution < 1.29 is 24.1 Å². The third kappa shape index (κ3) is 4.36. The summed E-state index contributed by atoms with van der Waals surface area (Å²) >= 11 is 0. The molecule has 5 heteroatoms. The predicted octanol–water partition coefficient (Wildman–Crippen LogP) is 2.72. The molecule has 0 aromatic heterocycles. The van der Waals surface area contributed by atoms with Gasteiger partial charge in [0.1, 0.15) is 11.5 Å². The summed E-state index contributed by atoms with van der Waals surface area (Å²) in [7, 11) is 3.07. The maximum atomic E-state index is 12.0. The van der Waals surface area contributed by atoms with Gasteiger partial charge in [-0.15, -0.1) is 0 Å². The van der Waals surface area contributed by atoms with E-state index in [9.17, 15) is 9.90 Å². The number of aliphatic hydroxyl groups excluding tert-OH is 1. The normalized spacial score (nSPS) is 13.4. The SMILES string of the molecule is CCCC(C(=O)OCC)C(O)c1cc(OC)ccc1OC. The highest BCUT2D eigenvalue weighted by molar-refractivity contribution is 5.73. The molecule has 118 valence electrons. The van der Waals surface area contributed by atoms with Gasteiger partial charge in [0.25, 0.3) is 0 Å². The van der Waals surface area contributed by atoms with E-state index in [4.69, 9.17) is 14.2 Å². The summed E-state index contributed by atoms with van der Waals surface area (Å²) in [6.45, 7) is 4.00. The molecule has 0 fully saturated rings. The van der Waals surface area contributed by atoms with Gasteiger partial charge in [-0.2, -0.15) is 0 Å². The van der Waals surface area contributed by atoms with Gasteiger partial charge in [0, 0.05) is 5.56 Å². The molecule has 0 radical (unpaired) electrons. The lowest BCUT2D eigenvalue weighted by atomic mass is 9.91. The molecule has 1 aromatic carbocycles. The van der Waals surface area contributed by atoms with Crippen molar-refractivity contribution in [2.45, 2.75) is 32.8 Å². The summed E-state index contributed by atoms with van der Waals surface area (Å²) in [5.41, 5.74) is 0.531. The smallest absolute Gasteiger partial charge is 0.311 e. The van der Waals surface area contributed by atoms with Crippen LogP contribution in [0.4, 0.5) is 0 Å². The first-order chi connectivity index (χ1) is 10.1. The van der Waals surface area contributed by atoms with E-state index in [1.165, 1.54) is 7.11 Å². The fourth-order valence-electron chi connectivity index (χ4n) is 2.25. The molecule has 2 unspecified atom stereocenters. The second kappa shape index (κ2) is 8.52. The molecule has 0 saturated heterocycles. The van der Waals surface area contributed by atoms with E-state index in [0.717, 1.165) is 6.42 Å². The van der Waals surface area contributed by atoms with Crippen molar-refractivity contribution in [1.82, 2.24) is 0 Å². The highest BCUT2D eigenvalue weighted by atomic mass is 16.5. The van der Waals surface area contributed by atoms with Gasteiger partial charge >= 0.3 is 5.97 Å². The number of carbonyl (C=O) groups excluding carboxylic acids is 1. The van der Waals surface area contributed by atoms with Crippen LogP contribution in [0.15, 0.2) is 18.2 Å². The van der Waals surface area contributed by atoms with Crippen LogP contribution in [0.25, 0.3) is 0 Å². The van der Waals surface area contributed by atoms with Gasteiger partial charge in [0.05, 0.1) is 32.8 Å². The van der Waals surface area contributed by atoms with Crippen molar-refractivity contribution in [2.75, 3.05) is 20.8 Å². The Morgan fingerprint density at radius 1 is 1.24 bits per heavy atom. The van der Waals surface area contributed by atoms with Crippen LogP contribution in [0, 0.1) is 5.92 Å². The zero-order valence-corrected chi connectivity index (χ0v) is 13.1. The Bertz CT molecular complexity index is 458. The van der Waals surface area contributed by atoms with Crippen molar-refractivity contribution in [3.63, 3.8) is 0 Å². The Kier molecular flexibility index (Phi) is 7.02. The van der Waals surface area contributed by atoms with Crippen LogP contribution in [-0.4, -0.2) is 31.9 Å². The van der Waals surface area contributed by atoms with Gasteiger partial charge < -0.3 is 19.3 Å². The zero-order valence-electron chi connectivity index (χ0n) is 13.1. The lowest BCUT2D eigenvalue weighted by Gasteiger charge is -2.23. The van der Waals surface area contributed by atoms with E-state index in [0.29, 0.717) is 30.1 Å². The average Bonchev–Trinajstić information content (AvgIpc) is 2.51. The summed E-state index contributed by atoms with van der Waals surface area (Å²) in [6, 6.07) is 5.14. The van der Waals surface area contributed by atoms with Gasteiger partial charge in [-0.1, -0.05) is 13.3 Å². The summed E-state index contributed by atoms with van der Waals surface area (Å²) in [5.74, 6) is 0.116. The number of hydrogen-bond donors (Lipinski definition) is 1. The van der Waals surface area contributed by atoms with E-state index in [-0.39, 0.29) is 0 Å². The number of benzene rings is 1. The third-order valence-corrected chi connectivity index (χ3v) is 3.33. The van der Waals surface area contributed by atoms with E-state index >= 15 is 0 Å². The second-order valence-electron chi connectivity index (χ2n) is 4.70. The number of methoxy groups -OCH3 is 2. The van der Waals surface area contributed by atoms with E-state index < -0.39 is 18.0 Å². The summed E-state index contributed by atoms with van der Waals surface area (Å²) in [5, 5.41) is 10.6. The minimum Gasteiger partial charge on any atom is -0.497 e. The van der Waals surface area contributed by atoms with Crippen molar-refractivity contribution in [3.05, 3.63) is 23.8 Å². The van der Waals surface area contributed by atoms with Gasteiger partial charge in [0.15, 0.2) is 0 Å². The quantitative estimate of drug-likeness (QED) is 0.747. The van der Waals surface area contributed by atoms with Crippen LogP contribution >= 0.6 is 0 Å². The van der Waals surface area contributed by atoms with E-state index in [1.54, 1.807) is 32.2 Å². The molecular weight excluding hydrogens is 272 g/mol. The third-order valence-electron chi connectivity index (χ3n) is 3.33. The highest BCUT2D eigenvalue weighted by Crippen LogP contribution is 2.35. The molecule has 0 heterocycles. The predicted molar refractivity (Wildman–Crippen MR) is 79.5 cm³/mol. The van der Waals surface area contributed by atoms with Gasteiger partial charge in [0.2, 0.25) is 0 Å². The van der Waals surface area contributed by atoms with Crippen LogP contribution in [0.1, 0.15) is 38.4 Å². The molecule has 1 rings (SSSR count). The molecule has 0 aliphatic carbocycles. The molecule has 0 aliphatic rings. The van der Waals surface area contributed by atoms with Gasteiger partial charge in [-0.25, -0.2) is 0 Å². The standard InChI is InChI=1S/C16H24O5/c1-5-7-12(16(18)21-6-2)15(17)13-10-11(19-3)8-9-14(13)20-4/h8-10,12,15,17H,5-7H2,1-4H3. The highest BCUT2D eigenvalue weighted by Gasteiger charge is 2.30. The maximum Gasteiger partial charge on any atom is 0.311 e. The van der Waals surface area contributed by atoms with E-state index in [2.05, 4.69) is 0 Å². The van der Waals surface area contributed by atoms with Crippen LogP contribution in [0.2, 0.25) is 0 Å². The topological polar surface area (TPSA) is 65.0 Å². The van der Waals surface area contributed by atoms with Crippen molar-refractivity contribution in [3.8, 4) is 11.5 Å². The molecule has 0 bridgehead atoms. The molecule has 1 aromatic rings. The lowest BCUT2D eigenvalue weighted by Crippen LogP contribution is -2.25. The van der Waals surface area contributed by atoms with Crippen molar-refractivity contribution >= 4 is 5.97 Å². The van der Waals surface area contributed by atoms with Crippen LogP contribution in [0.3, 0.4) is 0 Å².